The number of para-hydroxylation sites is 1. The van der Waals surface area contributed by atoms with Crippen molar-refractivity contribution in [2.45, 2.75) is 12.2 Å². The highest BCUT2D eigenvalue weighted by Gasteiger charge is 2.37. The second-order valence-corrected chi connectivity index (χ2v) is 5.67. The number of amides is 1. The Kier molecular flexibility index (Phi) is 3.61. The van der Waals surface area contributed by atoms with Gasteiger partial charge in [-0.15, -0.1) is 0 Å². The van der Waals surface area contributed by atoms with Crippen molar-refractivity contribution in [3.05, 3.63) is 77.3 Å². The third-order valence-corrected chi connectivity index (χ3v) is 4.64. The molecular formula is C17H15NOS. The first-order chi connectivity index (χ1) is 9.81. The molecule has 1 saturated heterocycles. The number of benzene rings is 2. The minimum Gasteiger partial charge on any atom is -0.274 e. The van der Waals surface area contributed by atoms with Gasteiger partial charge in [-0.25, -0.2) is 0 Å². The number of allylic oxidation sites excluding steroid dienone is 1. The van der Waals surface area contributed by atoms with Crippen LogP contribution in [-0.2, 0) is 4.79 Å². The quantitative estimate of drug-likeness (QED) is 0.814. The molecule has 2 aromatic carbocycles. The molecule has 2 nitrogen and oxygen atoms in total. The van der Waals surface area contributed by atoms with E-state index in [0.717, 1.165) is 16.3 Å². The number of anilines is 1. The summed E-state index contributed by atoms with van der Waals surface area (Å²) in [7, 11) is 0. The summed E-state index contributed by atoms with van der Waals surface area (Å²) in [5.74, 6) is 0.125. The summed E-state index contributed by atoms with van der Waals surface area (Å²) < 4.78 is 0. The van der Waals surface area contributed by atoms with Gasteiger partial charge in [0.25, 0.3) is 0 Å². The Bertz CT molecular complexity index is 637. The lowest BCUT2D eigenvalue weighted by atomic mass is 10.1. The third-order valence-electron chi connectivity index (χ3n) is 3.27. The van der Waals surface area contributed by atoms with Crippen molar-refractivity contribution in [1.82, 2.24) is 0 Å². The molecule has 3 heteroatoms. The summed E-state index contributed by atoms with van der Waals surface area (Å²) in [5, 5.41) is 0.845. The van der Waals surface area contributed by atoms with E-state index >= 15 is 0 Å². The van der Waals surface area contributed by atoms with Crippen LogP contribution in [0.3, 0.4) is 0 Å². The molecule has 3 rings (SSSR count). The molecule has 0 radical (unpaired) electrons. The molecule has 1 atom stereocenters. The summed E-state index contributed by atoms with van der Waals surface area (Å²) in [6, 6.07) is 19.7. The van der Waals surface area contributed by atoms with E-state index in [2.05, 4.69) is 0 Å². The van der Waals surface area contributed by atoms with Gasteiger partial charge in [-0.1, -0.05) is 66.4 Å². The predicted octanol–water partition coefficient (Wildman–Crippen LogP) is 4.37. The second-order valence-electron chi connectivity index (χ2n) is 4.54. The van der Waals surface area contributed by atoms with Gasteiger partial charge in [0.05, 0.1) is 5.03 Å². The zero-order valence-corrected chi connectivity index (χ0v) is 12.0. The fraction of sp³-hybridized carbons (Fsp3) is 0.118. The Morgan fingerprint density at radius 2 is 1.60 bits per heavy atom. The summed E-state index contributed by atoms with van der Waals surface area (Å²) in [6.45, 7) is 1.97. The van der Waals surface area contributed by atoms with Crippen molar-refractivity contribution in [1.29, 1.82) is 0 Å². The Labute approximate surface area is 123 Å². The zero-order chi connectivity index (χ0) is 13.9. The van der Waals surface area contributed by atoms with Crippen LogP contribution in [0.15, 0.2) is 71.8 Å². The average molecular weight is 281 g/mol. The monoisotopic (exact) mass is 281 g/mol. The first kappa shape index (κ1) is 13.0. The minimum absolute atomic E-state index is 0.125. The van der Waals surface area contributed by atoms with E-state index < -0.39 is 0 Å². The number of nitrogens with zero attached hydrogens (tertiary/aromatic N) is 1. The number of carbonyl (C=O) groups is 1. The molecule has 20 heavy (non-hydrogen) atoms. The van der Waals surface area contributed by atoms with E-state index in [-0.39, 0.29) is 11.2 Å². The van der Waals surface area contributed by atoms with Crippen LogP contribution in [0.4, 0.5) is 5.69 Å². The smallest absolute Gasteiger partial charge is 0.249 e. The normalized spacial score (nSPS) is 20.6. The third kappa shape index (κ3) is 2.25. The Morgan fingerprint density at radius 1 is 1.00 bits per heavy atom. The topological polar surface area (TPSA) is 20.3 Å². The molecule has 100 valence electrons. The van der Waals surface area contributed by atoms with Gasteiger partial charge in [0.2, 0.25) is 5.91 Å². The van der Waals surface area contributed by atoms with Gasteiger partial charge in [-0.05, 0) is 24.6 Å². The molecular weight excluding hydrogens is 266 g/mol. The number of rotatable bonds is 2. The van der Waals surface area contributed by atoms with E-state index in [0.29, 0.717) is 0 Å². The van der Waals surface area contributed by atoms with E-state index in [1.165, 1.54) is 0 Å². The summed E-state index contributed by atoms with van der Waals surface area (Å²) in [5.41, 5.74) is 1.98. The number of carbonyl (C=O) groups excluding carboxylic acids is 1. The molecule has 1 unspecified atom stereocenters. The van der Waals surface area contributed by atoms with Gasteiger partial charge in [-0.3, -0.25) is 9.69 Å². The molecule has 0 spiro atoms. The summed E-state index contributed by atoms with van der Waals surface area (Å²) in [6.07, 6.45) is 2.00. The number of hydrogen-bond donors (Lipinski definition) is 0. The maximum absolute atomic E-state index is 12.7. The molecule has 1 fully saturated rings. The minimum atomic E-state index is -0.150. The largest absolute Gasteiger partial charge is 0.274 e. The first-order valence-corrected chi connectivity index (χ1v) is 7.46. The van der Waals surface area contributed by atoms with Crippen LogP contribution in [-0.4, -0.2) is 5.91 Å². The highest BCUT2D eigenvalue weighted by atomic mass is 32.2. The van der Waals surface area contributed by atoms with E-state index in [1.807, 2.05) is 78.6 Å². The van der Waals surface area contributed by atoms with Gasteiger partial charge in [0, 0.05) is 5.69 Å². The Balaban J connectivity index is 1.99. The molecule has 1 amide bonds. The molecule has 0 aromatic heterocycles. The molecule has 1 aliphatic heterocycles. The summed E-state index contributed by atoms with van der Waals surface area (Å²) >= 11 is 1.61. The standard InChI is InChI=1S/C17H15NOS/c1-2-15-18(14-11-7-4-8-12-14)17(19)16(20-15)13-9-5-3-6-10-13/h2-12,16H,1H3/b15-2-. The fourth-order valence-corrected chi connectivity index (χ4v) is 3.49. The lowest BCUT2D eigenvalue weighted by Crippen LogP contribution is -2.25. The zero-order valence-electron chi connectivity index (χ0n) is 11.2. The van der Waals surface area contributed by atoms with Crippen molar-refractivity contribution in [3.63, 3.8) is 0 Å². The molecule has 1 aliphatic rings. The SMILES string of the molecule is C/C=C1\SC(c2ccccc2)C(=O)N1c1ccccc1. The highest BCUT2D eigenvalue weighted by Crippen LogP contribution is 2.46. The van der Waals surface area contributed by atoms with Crippen molar-refractivity contribution < 1.29 is 4.79 Å². The van der Waals surface area contributed by atoms with Crippen LogP contribution in [0.25, 0.3) is 0 Å². The van der Waals surface area contributed by atoms with Gasteiger partial charge >= 0.3 is 0 Å². The van der Waals surface area contributed by atoms with Crippen molar-refractivity contribution in [2.24, 2.45) is 0 Å². The van der Waals surface area contributed by atoms with E-state index in [9.17, 15) is 4.79 Å². The molecule has 0 N–H and O–H groups in total. The summed E-state index contributed by atoms with van der Waals surface area (Å²) in [4.78, 5) is 14.5. The molecule has 1 heterocycles. The van der Waals surface area contributed by atoms with Gasteiger partial charge in [0.1, 0.15) is 5.25 Å². The lowest BCUT2D eigenvalue weighted by Gasteiger charge is -2.17. The lowest BCUT2D eigenvalue weighted by molar-refractivity contribution is -0.117. The van der Waals surface area contributed by atoms with E-state index in [1.54, 1.807) is 11.8 Å². The van der Waals surface area contributed by atoms with Gasteiger partial charge < -0.3 is 0 Å². The van der Waals surface area contributed by atoms with Crippen LogP contribution in [0.1, 0.15) is 17.7 Å². The van der Waals surface area contributed by atoms with Crippen molar-refractivity contribution >= 4 is 23.4 Å². The first-order valence-electron chi connectivity index (χ1n) is 6.58. The van der Waals surface area contributed by atoms with E-state index in [4.69, 9.17) is 0 Å². The van der Waals surface area contributed by atoms with Crippen LogP contribution in [0, 0.1) is 0 Å². The van der Waals surface area contributed by atoms with Crippen LogP contribution < -0.4 is 4.90 Å². The van der Waals surface area contributed by atoms with Gasteiger partial charge in [0.15, 0.2) is 0 Å². The number of hydrogen-bond acceptors (Lipinski definition) is 2. The fourth-order valence-electron chi connectivity index (χ4n) is 2.32. The molecule has 0 saturated carbocycles. The maximum atomic E-state index is 12.7. The molecule has 2 aromatic rings. The Hall–Kier alpha value is -2.00. The maximum Gasteiger partial charge on any atom is 0.249 e. The van der Waals surface area contributed by atoms with Crippen molar-refractivity contribution in [2.75, 3.05) is 4.90 Å². The number of thioether (sulfide) groups is 1. The molecule has 0 bridgehead atoms. The average Bonchev–Trinajstić information content (AvgIpc) is 2.86. The van der Waals surface area contributed by atoms with Gasteiger partial charge in [-0.2, -0.15) is 0 Å². The van der Waals surface area contributed by atoms with Crippen LogP contribution in [0.5, 0.6) is 0 Å². The van der Waals surface area contributed by atoms with Crippen LogP contribution >= 0.6 is 11.8 Å². The van der Waals surface area contributed by atoms with Crippen molar-refractivity contribution in [3.8, 4) is 0 Å². The predicted molar refractivity (Wildman–Crippen MR) is 84.5 cm³/mol. The van der Waals surface area contributed by atoms with Crippen LogP contribution in [0.2, 0.25) is 0 Å². The highest BCUT2D eigenvalue weighted by molar-refractivity contribution is 8.04. The molecule has 0 aliphatic carbocycles. The second kappa shape index (κ2) is 5.55. The Morgan fingerprint density at radius 3 is 2.20 bits per heavy atom.